The molecule has 0 atom stereocenters. The minimum absolute atomic E-state index is 0. The molecule has 2 rings (SSSR count). The summed E-state index contributed by atoms with van der Waals surface area (Å²) in [6.07, 6.45) is 6.42. The molecule has 0 unspecified atom stereocenters. The van der Waals surface area contributed by atoms with Crippen LogP contribution in [0.15, 0.2) is 20.9 Å². The Morgan fingerprint density at radius 2 is 2.11 bits per heavy atom. The highest BCUT2D eigenvalue weighted by atomic mass is 127. The van der Waals surface area contributed by atoms with E-state index in [0.717, 1.165) is 3.79 Å². The minimum atomic E-state index is 0. The van der Waals surface area contributed by atoms with Crippen LogP contribution in [-0.2, 0) is 6.54 Å². The maximum absolute atomic E-state index is 5.89. The second-order valence-corrected chi connectivity index (χ2v) is 6.93. The summed E-state index contributed by atoms with van der Waals surface area (Å²) in [5.74, 6) is 0.585. The molecule has 1 heterocycles. The number of hydrogen-bond acceptors (Lipinski definition) is 2. The van der Waals surface area contributed by atoms with E-state index in [2.05, 4.69) is 32.3 Å². The van der Waals surface area contributed by atoms with Gasteiger partial charge in [0.05, 0.1) is 10.3 Å². The Bertz CT molecular complexity index is 388. The fraction of sp³-hybridized carbons (Fsp3) is 0.583. The van der Waals surface area contributed by atoms with E-state index in [-0.39, 0.29) is 24.0 Å². The van der Waals surface area contributed by atoms with E-state index in [4.69, 9.17) is 5.73 Å². The van der Waals surface area contributed by atoms with Gasteiger partial charge in [0.25, 0.3) is 0 Å². The van der Waals surface area contributed by atoms with E-state index in [0.29, 0.717) is 18.5 Å². The van der Waals surface area contributed by atoms with Crippen molar-refractivity contribution in [2.45, 2.75) is 44.7 Å². The van der Waals surface area contributed by atoms with Crippen LogP contribution < -0.4 is 11.1 Å². The second kappa shape index (κ2) is 8.37. The van der Waals surface area contributed by atoms with Gasteiger partial charge in [-0.2, -0.15) is 0 Å². The fourth-order valence-electron chi connectivity index (χ4n) is 2.10. The highest BCUT2D eigenvalue weighted by molar-refractivity contribution is 14.0. The van der Waals surface area contributed by atoms with Crippen molar-refractivity contribution in [2.24, 2.45) is 10.7 Å². The van der Waals surface area contributed by atoms with Gasteiger partial charge in [-0.05, 0) is 40.9 Å². The van der Waals surface area contributed by atoms with Crippen LogP contribution >= 0.6 is 51.2 Å². The molecule has 0 amide bonds. The van der Waals surface area contributed by atoms with Crippen molar-refractivity contribution in [3.05, 3.63) is 20.8 Å². The topological polar surface area (TPSA) is 50.4 Å². The molecule has 6 heteroatoms. The van der Waals surface area contributed by atoms with Gasteiger partial charge in [-0.1, -0.05) is 19.3 Å². The largest absolute Gasteiger partial charge is 0.370 e. The molecule has 1 aliphatic carbocycles. The molecule has 0 saturated heterocycles. The number of aliphatic imine (C=N–C) groups is 1. The zero-order valence-corrected chi connectivity index (χ0v) is 14.9. The summed E-state index contributed by atoms with van der Waals surface area (Å²) in [5.41, 5.74) is 5.89. The molecular weight excluding hydrogens is 425 g/mol. The number of halogens is 2. The first-order valence-corrected chi connectivity index (χ1v) is 7.65. The molecule has 1 fully saturated rings. The molecule has 0 aromatic carbocycles. The summed E-state index contributed by atoms with van der Waals surface area (Å²) in [7, 11) is 0. The number of thiophene rings is 1. The molecule has 1 saturated carbocycles. The fourth-order valence-corrected chi connectivity index (χ4v) is 3.51. The summed E-state index contributed by atoms with van der Waals surface area (Å²) in [6, 6.07) is 4.65. The van der Waals surface area contributed by atoms with E-state index in [1.54, 1.807) is 11.3 Å². The number of nitrogens with one attached hydrogen (secondary N) is 1. The van der Waals surface area contributed by atoms with Gasteiger partial charge < -0.3 is 11.1 Å². The van der Waals surface area contributed by atoms with Crippen LogP contribution in [0.25, 0.3) is 0 Å². The Balaban J connectivity index is 0.00000162. The molecule has 3 N–H and O–H groups in total. The van der Waals surface area contributed by atoms with E-state index >= 15 is 0 Å². The molecule has 0 radical (unpaired) electrons. The van der Waals surface area contributed by atoms with Crippen LogP contribution in [0.2, 0.25) is 0 Å². The molecule has 0 bridgehead atoms. The number of nitrogens with two attached hydrogens (primary N) is 1. The van der Waals surface area contributed by atoms with Gasteiger partial charge in [0, 0.05) is 10.9 Å². The number of nitrogens with zero attached hydrogens (tertiary/aromatic N) is 1. The summed E-state index contributed by atoms with van der Waals surface area (Å²) in [5, 5.41) is 3.32. The Hall–Kier alpha value is 0.180. The zero-order chi connectivity index (χ0) is 12.1. The smallest absolute Gasteiger partial charge is 0.189 e. The summed E-state index contributed by atoms with van der Waals surface area (Å²) in [4.78, 5) is 5.60. The summed E-state index contributed by atoms with van der Waals surface area (Å²) < 4.78 is 1.14. The number of hydrogen-bond donors (Lipinski definition) is 2. The number of rotatable bonds is 3. The molecule has 1 aliphatic rings. The second-order valence-electron chi connectivity index (χ2n) is 4.39. The lowest BCUT2D eigenvalue weighted by Gasteiger charge is -2.23. The highest BCUT2D eigenvalue weighted by Gasteiger charge is 2.13. The molecular formula is C12H19BrIN3S. The van der Waals surface area contributed by atoms with Crippen molar-refractivity contribution in [1.82, 2.24) is 5.32 Å². The molecule has 3 nitrogen and oxygen atoms in total. The molecule has 0 aliphatic heterocycles. The standard InChI is InChI=1S/C12H18BrN3S.HI/c13-11-7-6-10(17-11)8-15-12(14)16-9-4-2-1-3-5-9;/h6-7,9H,1-5,8H2,(H3,14,15,16);1H. The Labute approximate surface area is 138 Å². The monoisotopic (exact) mass is 443 g/mol. The van der Waals surface area contributed by atoms with Crippen molar-refractivity contribution in [3.63, 3.8) is 0 Å². The average molecular weight is 444 g/mol. The van der Waals surface area contributed by atoms with Gasteiger partial charge >= 0.3 is 0 Å². The predicted molar refractivity (Wildman–Crippen MR) is 92.8 cm³/mol. The van der Waals surface area contributed by atoms with Gasteiger partial charge in [-0.25, -0.2) is 4.99 Å². The predicted octanol–water partition coefficient (Wildman–Crippen LogP) is 3.87. The van der Waals surface area contributed by atoms with Gasteiger partial charge in [0.1, 0.15) is 0 Å². The zero-order valence-electron chi connectivity index (χ0n) is 10.2. The van der Waals surface area contributed by atoms with Gasteiger partial charge in [0.2, 0.25) is 0 Å². The minimum Gasteiger partial charge on any atom is -0.370 e. The lowest BCUT2D eigenvalue weighted by Crippen LogP contribution is -2.41. The van der Waals surface area contributed by atoms with Crippen LogP contribution in [0.5, 0.6) is 0 Å². The van der Waals surface area contributed by atoms with Crippen LogP contribution in [0.1, 0.15) is 37.0 Å². The molecule has 0 spiro atoms. The third-order valence-corrected chi connectivity index (χ3v) is 4.60. The lowest BCUT2D eigenvalue weighted by atomic mass is 9.96. The van der Waals surface area contributed by atoms with Crippen molar-refractivity contribution in [1.29, 1.82) is 0 Å². The van der Waals surface area contributed by atoms with Crippen LogP contribution in [0.3, 0.4) is 0 Å². The van der Waals surface area contributed by atoms with Crippen molar-refractivity contribution in [3.8, 4) is 0 Å². The molecule has 1 aromatic rings. The van der Waals surface area contributed by atoms with Crippen LogP contribution in [0.4, 0.5) is 0 Å². The third-order valence-electron chi connectivity index (χ3n) is 2.99. The Morgan fingerprint density at radius 1 is 1.39 bits per heavy atom. The van der Waals surface area contributed by atoms with Gasteiger partial charge in [-0.3, -0.25) is 0 Å². The first kappa shape index (κ1) is 16.2. The molecule has 1 aromatic heterocycles. The highest BCUT2D eigenvalue weighted by Crippen LogP contribution is 2.22. The maximum atomic E-state index is 5.89. The number of guanidine groups is 1. The van der Waals surface area contributed by atoms with E-state index in [1.165, 1.54) is 37.0 Å². The molecule has 18 heavy (non-hydrogen) atoms. The van der Waals surface area contributed by atoms with Crippen molar-refractivity contribution < 1.29 is 0 Å². The van der Waals surface area contributed by atoms with Crippen molar-refractivity contribution in [2.75, 3.05) is 0 Å². The maximum Gasteiger partial charge on any atom is 0.189 e. The van der Waals surface area contributed by atoms with E-state index in [9.17, 15) is 0 Å². The first-order valence-electron chi connectivity index (χ1n) is 6.05. The first-order chi connectivity index (χ1) is 8.24. The SMILES string of the molecule is I.NC(=NCc1ccc(Br)s1)NC1CCCCC1. The van der Waals surface area contributed by atoms with Crippen LogP contribution in [-0.4, -0.2) is 12.0 Å². The Morgan fingerprint density at radius 3 is 2.72 bits per heavy atom. The average Bonchev–Trinajstić information content (AvgIpc) is 2.74. The summed E-state index contributed by atoms with van der Waals surface area (Å²) in [6.45, 7) is 0.668. The molecule has 102 valence electrons. The van der Waals surface area contributed by atoms with Gasteiger partial charge in [-0.15, -0.1) is 35.3 Å². The van der Waals surface area contributed by atoms with Gasteiger partial charge in [0.15, 0.2) is 5.96 Å². The summed E-state index contributed by atoms with van der Waals surface area (Å²) >= 11 is 5.14. The van der Waals surface area contributed by atoms with E-state index in [1.807, 2.05) is 6.07 Å². The van der Waals surface area contributed by atoms with Crippen LogP contribution in [0, 0.1) is 0 Å². The normalized spacial score (nSPS) is 17.3. The van der Waals surface area contributed by atoms with Crippen molar-refractivity contribution >= 4 is 57.2 Å². The van der Waals surface area contributed by atoms with E-state index < -0.39 is 0 Å². The Kier molecular flexibility index (Phi) is 7.55. The quantitative estimate of drug-likeness (QED) is 0.423. The lowest BCUT2D eigenvalue weighted by molar-refractivity contribution is 0.412. The third kappa shape index (κ3) is 5.44.